The molecule has 1 aliphatic heterocycles. The second-order valence-electron chi connectivity index (χ2n) is 8.54. The summed E-state index contributed by atoms with van der Waals surface area (Å²) in [4.78, 5) is 27.5. The summed E-state index contributed by atoms with van der Waals surface area (Å²) in [6.45, 7) is 0.465. The van der Waals surface area contributed by atoms with E-state index in [9.17, 15) is 28.6 Å². The van der Waals surface area contributed by atoms with E-state index >= 15 is 0 Å². The zero-order valence-corrected chi connectivity index (χ0v) is 19.7. The lowest BCUT2D eigenvalue weighted by Crippen LogP contribution is -2.50. The zero-order valence-electron chi connectivity index (χ0n) is 18.9. The number of carbonyl (C=O) groups is 2. The van der Waals surface area contributed by atoms with Crippen molar-refractivity contribution in [2.75, 3.05) is 6.54 Å². The maximum Gasteiger partial charge on any atom is 0.255 e. The van der Waals surface area contributed by atoms with E-state index in [4.69, 9.17) is 0 Å². The van der Waals surface area contributed by atoms with Gasteiger partial charge in [-0.25, -0.2) is 8.78 Å². The number of thiophene rings is 1. The van der Waals surface area contributed by atoms with Crippen LogP contribution in [0.5, 0.6) is 0 Å². The molecule has 3 N–H and O–H groups in total. The molecule has 1 unspecified atom stereocenters. The van der Waals surface area contributed by atoms with E-state index in [0.717, 1.165) is 16.0 Å². The molecule has 2 heterocycles. The monoisotopic (exact) mass is 500 g/mol. The molecule has 1 saturated heterocycles. The fraction of sp³-hybridized carbons (Fsp3) is 0.308. The standard InChI is InChI=1S/C26H26F2N2O4S/c27-19-9-7-17(8-10-19)22-6-3-11-30(22)26(34)24(32)23(31)25(33)29-14-20-13-16(15-35-20)12-18-4-1-2-5-21(18)28/h1-2,4-5,7-10,13,15,22-24,31-32H,3,6,11-12,14H2,(H,29,33)/t22?,23-,24-/m1/s1. The molecular weight excluding hydrogens is 474 g/mol. The van der Waals surface area contributed by atoms with Crippen LogP contribution in [0.15, 0.2) is 60.0 Å². The highest BCUT2D eigenvalue weighted by Gasteiger charge is 2.38. The maximum atomic E-state index is 13.9. The van der Waals surface area contributed by atoms with Crippen molar-refractivity contribution < 1.29 is 28.6 Å². The molecule has 6 nitrogen and oxygen atoms in total. The number of aliphatic hydroxyl groups excluding tert-OH is 2. The van der Waals surface area contributed by atoms with Gasteiger partial charge in [-0.1, -0.05) is 30.3 Å². The molecule has 0 bridgehead atoms. The van der Waals surface area contributed by atoms with Gasteiger partial charge < -0.3 is 20.4 Å². The lowest BCUT2D eigenvalue weighted by molar-refractivity contribution is -0.153. The zero-order chi connectivity index (χ0) is 24.9. The molecule has 9 heteroatoms. The van der Waals surface area contributed by atoms with Gasteiger partial charge >= 0.3 is 0 Å². The Morgan fingerprint density at radius 1 is 1.09 bits per heavy atom. The van der Waals surface area contributed by atoms with E-state index in [1.165, 1.54) is 34.4 Å². The van der Waals surface area contributed by atoms with Crippen molar-refractivity contribution in [3.05, 3.63) is 93.2 Å². The summed E-state index contributed by atoms with van der Waals surface area (Å²) in [5, 5.41) is 25.1. The molecule has 184 valence electrons. The summed E-state index contributed by atoms with van der Waals surface area (Å²) in [6, 6.07) is 13.8. The highest BCUT2D eigenvalue weighted by molar-refractivity contribution is 7.10. The third-order valence-corrected chi connectivity index (χ3v) is 7.09. The van der Waals surface area contributed by atoms with Gasteiger partial charge in [0.15, 0.2) is 12.2 Å². The lowest BCUT2D eigenvalue weighted by atomic mass is 10.0. The predicted octanol–water partition coefficient (Wildman–Crippen LogP) is 3.32. The average Bonchev–Trinajstić information content (AvgIpc) is 3.53. The summed E-state index contributed by atoms with van der Waals surface area (Å²) in [7, 11) is 0. The SMILES string of the molecule is O=C(NCc1cc(Cc2ccccc2F)cs1)[C@H](O)[C@@H](O)C(=O)N1CCCC1c1ccc(F)cc1. The Morgan fingerprint density at radius 3 is 2.57 bits per heavy atom. The van der Waals surface area contributed by atoms with Crippen LogP contribution in [0.4, 0.5) is 8.78 Å². The van der Waals surface area contributed by atoms with E-state index in [0.29, 0.717) is 31.4 Å². The maximum absolute atomic E-state index is 13.9. The number of likely N-dealkylation sites (tertiary alicyclic amines) is 1. The number of halogens is 2. The van der Waals surface area contributed by atoms with Gasteiger partial charge in [0.1, 0.15) is 11.6 Å². The van der Waals surface area contributed by atoms with E-state index in [-0.39, 0.29) is 24.2 Å². The molecular formula is C26H26F2N2O4S. The number of aliphatic hydroxyl groups is 2. The number of nitrogens with zero attached hydrogens (tertiary/aromatic N) is 1. The van der Waals surface area contributed by atoms with Crippen molar-refractivity contribution in [2.45, 2.75) is 44.1 Å². The van der Waals surface area contributed by atoms with Gasteiger partial charge in [-0.3, -0.25) is 9.59 Å². The summed E-state index contributed by atoms with van der Waals surface area (Å²) in [6.07, 6.45) is -2.11. The molecule has 1 aromatic heterocycles. The fourth-order valence-electron chi connectivity index (χ4n) is 4.26. The first-order valence-corrected chi connectivity index (χ1v) is 12.2. The van der Waals surface area contributed by atoms with Crippen molar-refractivity contribution in [2.24, 2.45) is 0 Å². The Balaban J connectivity index is 1.32. The number of amides is 2. The highest BCUT2D eigenvalue weighted by Crippen LogP contribution is 2.32. The number of rotatable bonds is 8. The Kier molecular flexibility index (Phi) is 7.90. The molecule has 1 fully saturated rings. The first kappa shape index (κ1) is 25.0. The van der Waals surface area contributed by atoms with Gasteiger partial charge in [0.05, 0.1) is 12.6 Å². The molecule has 3 atom stereocenters. The topological polar surface area (TPSA) is 89.9 Å². The van der Waals surface area contributed by atoms with Crippen LogP contribution in [-0.2, 0) is 22.6 Å². The Hall–Kier alpha value is -3.14. The molecule has 0 saturated carbocycles. The summed E-state index contributed by atoms with van der Waals surface area (Å²) in [5.74, 6) is -2.29. The quantitative estimate of drug-likeness (QED) is 0.443. The molecule has 0 radical (unpaired) electrons. The van der Waals surface area contributed by atoms with Gasteiger partial charge in [0.25, 0.3) is 11.8 Å². The molecule has 1 aliphatic rings. The predicted molar refractivity (Wildman–Crippen MR) is 127 cm³/mol. The van der Waals surface area contributed by atoms with E-state index in [1.54, 1.807) is 30.3 Å². The second-order valence-corrected chi connectivity index (χ2v) is 9.53. The molecule has 4 rings (SSSR count). The van der Waals surface area contributed by atoms with Gasteiger partial charge in [-0.15, -0.1) is 11.3 Å². The smallest absolute Gasteiger partial charge is 0.255 e. The minimum absolute atomic E-state index is 0.0979. The first-order valence-electron chi connectivity index (χ1n) is 11.3. The third kappa shape index (κ3) is 5.93. The Labute approximate surface area is 205 Å². The Morgan fingerprint density at radius 2 is 1.83 bits per heavy atom. The number of hydrogen-bond acceptors (Lipinski definition) is 5. The molecule has 3 aromatic rings. The van der Waals surface area contributed by atoms with E-state index in [1.807, 2.05) is 11.4 Å². The van der Waals surface area contributed by atoms with Crippen LogP contribution in [0, 0.1) is 11.6 Å². The van der Waals surface area contributed by atoms with Crippen molar-refractivity contribution in [1.82, 2.24) is 10.2 Å². The second kappa shape index (κ2) is 11.1. The summed E-state index contributed by atoms with van der Waals surface area (Å²) >= 11 is 1.38. The molecule has 0 aliphatic carbocycles. The van der Waals surface area contributed by atoms with Gasteiger partial charge in [0, 0.05) is 17.8 Å². The van der Waals surface area contributed by atoms with Gasteiger partial charge in [-0.2, -0.15) is 0 Å². The van der Waals surface area contributed by atoms with Crippen LogP contribution in [0.3, 0.4) is 0 Å². The minimum atomic E-state index is -1.94. The normalized spacial score (nSPS) is 17.3. The van der Waals surface area contributed by atoms with Crippen LogP contribution < -0.4 is 5.32 Å². The minimum Gasteiger partial charge on any atom is -0.380 e. The third-order valence-electron chi connectivity index (χ3n) is 6.11. The van der Waals surface area contributed by atoms with E-state index < -0.39 is 24.0 Å². The van der Waals surface area contributed by atoms with Crippen LogP contribution >= 0.6 is 11.3 Å². The lowest BCUT2D eigenvalue weighted by Gasteiger charge is -2.28. The first-order chi connectivity index (χ1) is 16.8. The van der Waals surface area contributed by atoms with Crippen LogP contribution in [0.1, 0.15) is 40.5 Å². The average molecular weight is 501 g/mol. The summed E-state index contributed by atoms with van der Waals surface area (Å²) in [5.41, 5.74) is 2.19. The summed E-state index contributed by atoms with van der Waals surface area (Å²) < 4.78 is 27.1. The van der Waals surface area contributed by atoms with Gasteiger partial charge in [0.2, 0.25) is 0 Å². The number of benzene rings is 2. The number of hydrogen-bond donors (Lipinski definition) is 3. The number of nitrogens with one attached hydrogen (secondary N) is 1. The van der Waals surface area contributed by atoms with Gasteiger partial charge in [-0.05, 0) is 59.2 Å². The van der Waals surface area contributed by atoms with Crippen molar-refractivity contribution in [3.63, 3.8) is 0 Å². The molecule has 35 heavy (non-hydrogen) atoms. The molecule has 0 spiro atoms. The fourth-order valence-corrected chi connectivity index (χ4v) is 5.09. The highest BCUT2D eigenvalue weighted by atomic mass is 32.1. The number of carbonyl (C=O) groups excluding carboxylic acids is 2. The van der Waals surface area contributed by atoms with Crippen LogP contribution in [0.25, 0.3) is 0 Å². The molecule has 2 amide bonds. The van der Waals surface area contributed by atoms with Crippen molar-refractivity contribution >= 4 is 23.2 Å². The molecule has 2 aromatic carbocycles. The van der Waals surface area contributed by atoms with Crippen molar-refractivity contribution in [1.29, 1.82) is 0 Å². The Bertz CT molecular complexity index is 1180. The van der Waals surface area contributed by atoms with Crippen LogP contribution in [0.2, 0.25) is 0 Å². The van der Waals surface area contributed by atoms with E-state index in [2.05, 4.69) is 5.32 Å². The van der Waals surface area contributed by atoms with Crippen LogP contribution in [-0.4, -0.2) is 45.7 Å². The largest absolute Gasteiger partial charge is 0.380 e. The van der Waals surface area contributed by atoms with Crippen molar-refractivity contribution in [3.8, 4) is 0 Å².